The molecule has 5 heteroatoms. The Morgan fingerprint density at radius 3 is 2.33 bits per heavy atom. The number of hydrogen-bond donors (Lipinski definition) is 0. The Hall–Kier alpha value is -2.43. The van der Waals surface area contributed by atoms with Crippen LogP contribution in [0.1, 0.15) is 22.8 Å². The molecule has 3 nitrogen and oxygen atoms in total. The van der Waals surface area contributed by atoms with Gasteiger partial charge in [-0.3, -0.25) is 4.79 Å². The summed E-state index contributed by atoms with van der Waals surface area (Å²) in [4.78, 5) is 11.0. The molecule has 0 saturated heterocycles. The van der Waals surface area contributed by atoms with Crippen LogP contribution in [0, 0.1) is 11.6 Å². The van der Waals surface area contributed by atoms with Crippen LogP contribution in [0.25, 0.3) is 0 Å². The van der Waals surface area contributed by atoms with Crippen LogP contribution in [-0.4, -0.2) is 12.9 Å². The topological polar surface area (TPSA) is 35.5 Å². The van der Waals surface area contributed by atoms with Crippen molar-refractivity contribution in [3.05, 3.63) is 59.2 Å². The van der Waals surface area contributed by atoms with Gasteiger partial charge in [-0.1, -0.05) is 12.1 Å². The highest BCUT2D eigenvalue weighted by Crippen LogP contribution is 2.31. The quantitative estimate of drug-likeness (QED) is 0.761. The van der Waals surface area contributed by atoms with Crippen molar-refractivity contribution in [2.75, 3.05) is 6.61 Å². The van der Waals surface area contributed by atoms with Gasteiger partial charge in [0.25, 0.3) is 0 Å². The zero-order valence-electron chi connectivity index (χ0n) is 11.4. The molecule has 0 aliphatic rings. The zero-order valence-corrected chi connectivity index (χ0v) is 11.4. The fraction of sp³-hybridized carbons (Fsp3) is 0.188. The standard InChI is InChI=1S/C16H14F2O3/c1-2-20-15-8-3-5-11(9-19)16(15)21-10-12-13(17)6-4-7-14(12)18/h3-9H,2,10H2,1H3. The minimum atomic E-state index is -0.698. The van der Waals surface area contributed by atoms with Crippen LogP contribution in [0.15, 0.2) is 36.4 Å². The number of ether oxygens (including phenoxy) is 2. The summed E-state index contributed by atoms with van der Waals surface area (Å²) in [5, 5.41) is 0. The highest BCUT2D eigenvalue weighted by Gasteiger charge is 2.14. The maximum atomic E-state index is 13.6. The molecule has 2 rings (SSSR count). The summed E-state index contributed by atoms with van der Waals surface area (Å²) in [5.41, 5.74) is 0.0679. The minimum absolute atomic E-state index is 0.178. The molecule has 21 heavy (non-hydrogen) atoms. The van der Waals surface area contributed by atoms with Gasteiger partial charge in [0, 0.05) is 0 Å². The van der Waals surface area contributed by atoms with Crippen molar-refractivity contribution in [3.63, 3.8) is 0 Å². The molecule has 0 heterocycles. The number of benzene rings is 2. The van der Waals surface area contributed by atoms with Crippen molar-refractivity contribution in [1.82, 2.24) is 0 Å². The number of rotatable bonds is 6. The Morgan fingerprint density at radius 2 is 1.71 bits per heavy atom. The van der Waals surface area contributed by atoms with Crippen LogP contribution in [0.2, 0.25) is 0 Å². The average Bonchev–Trinajstić information content (AvgIpc) is 2.48. The molecule has 0 N–H and O–H groups in total. The van der Waals surface area contributed by atoms with E-state index in [1.165, 1.54) is 6.07 Å². The smallest absolute Gasteiger partial charge is 0.172 e. The van der Waals surface area contributed by atoms with Gasteiger partial charge in [0.2, 0.25) is 0 Å². The van der Waals surface area contributed by atoms with Crippen molar-refractivity contribution in [2.45, 2.75) is 13.5 Å². The Labute approximate surface area is 121 Å². The van der Waals surface area contributed by atoms with E-state index in [2.05, 4.69) is 0 Å². The number of para-hydroxylation sites is 1. The van der Waals surface area contributed by atoms with Crippen molar-refractivity contribution >= 4 is 6.29 Å². The van der Waals surface area contributed by atoms with Gasteiger partial charge < -0.3 is 9.47 Å². The van der Waals surface area contributed by atoms with E-state index >= 15 is 0 Å². The summed E-state index contributed by atoms with van der Waals surface area (Å²) in [5.74, 6) is -0.857. The lowest BCUT2D eigenvalue weighted by molar-refractivity contribution is 0.111. The average molecular weight is 292 g/mol. The Balaban J connectivity index is 2.29. The van der Waals surface area contributed by atoms with Gasteiger partial charge in [-0.25, -0.2) is 8.78 Å². The first-order valence-electron chi connectivity index (χ1n) is 6.44. The third-order valence-electron chi connectivity index (χ3n) is 2.86. The second-order valence-corrected chi connectivity index (χ2v) is 4.21. The second-order valence-electron chi connectivity index (χ2n) is 4.21. The Morgan fingerprint density at radius 1 is 1.05 bits per heavy atom. The first kappa shape index (κ1) is 15.0. The SMILES string of the molecule is CCOc1cccc(C=O)c1OCc1c(F)cccc1F. The van der Waals surface area contributed by atoms with Crippen LogP contribution in [0.3, 0.4) is 0 Å². The highest BCUT2D eigenvalue weighted by atomic mass is 19.1. The van der Waals surface area contributed by atoms with Gasteiger partial charge in [-0.05, 0) is 31.2 Å². The van der Waals surface area contributed by atoms with Gasteiger partial charge in [0.05, 0.1) is 17.7 Å². The zero-order chi connectivity index (χ0) is 15.2. The summed E-state index contributed by atoms with van der Waals surface area (Å²) in [6, 6.07) is 8.39. The van der Waals surface area contributed by atoms with E-state index < -0.39 is 11.6 Å². The van der Waals surface area contributed by atoms with Crippen molar-refractivity contribution in [2.24, 2.45) is 0 Å². The fourth-order valence-electron chi connectivity index (χ4n) is 1.86. The molecule has 0 aliphatic heterocycles. The number of hydrogen-bond acceptors (Lipinski definition) is 3. The van der Waals surface area contributed by atoms with Gasteiger partial charge >= 0.3 is 0 Å². The normalized spacial score (nSPS) is 10.2. The molecule has 0 bridgehead atoms. The van der Waals surface area contributed by atoms with E-state index in [-0.39, 0.29) is 23.5 Å². The fourth-order valence-corrected chi connectivity index (χ4v) is 1.86. The van der Waals surface area contributed by atoms with E-state index in [4.69, 9.17) is 9.47 Å². The van der Waals surface area contributed by atoms with Crippen LogP contribution in [0.5, 0.6) is 11.5 Å². The van der Waals surface area contributed by atoms with Gasteiger partial charge in [-0.2, -0.15) is 0 Å². The van der Waals surface area contributed by atoms with E-state index in [0.29, 0.717) is 18.6 Å². The molecule has 0 saturated carbocycles. The lowest BCUT2D eigenvalue weighted by atomic mass is 10.2. The number of carbonyl (C=O) groups is 1. The van der Waals surface area contributed by atoms with Gasteiger partial charge in [0.15, 0.2) is 17.8 Å². The lowest BCUT2D eigenvalue weighted by Gasteiger charge is -2.14. The Kier molecular flexibility index (Phi) is 4.87. The van der Waals surface area contributed by atoms with E-state index in [9.17, 15) is 13.6 Å². The van der Waals surface area contributed by atoms with Crippen molar-refractivity contribution in [3.8, 4) is 11.5 Å². The monoisotopic (exact) mass is 292 g/mol. The van der Waals surface area contributed by atoms with Gasteiger partial charge in [0.1, 0.15) is 18.2 Å². The first-order valence-corrected chi connectivity index (χ1v) is 6.44. The summed E-state index contributed by atoms with van der Waals surface area (Å²) in [7, 11) is 0. The van der Waals surface area contributed by atoms with E-state index in [0.717, 1.165) is 12.1 Å². The molecule has 0 aromatic heterocycles. The molecule has 110 valence electrons. The van der Waals surface area contributed by atoms with Crippen LogP contribution in [0.4, 0.5) is 8.78 Å². The molecule has 0 unspecified atom stereocenters. The van der Waals surface area contributed by atoms with Crippen LogP contribution < -0.4 is 9.47 Å². The van der Waals surface area contributed by atoms with Gasteiger partial charge in [-0.15, -0.1) is 0 Å². The first-order chi connectivity index (χ1) is 10.2. The second kappa shape index (κ2) is 6.83. The largest absolute Gasteiger partial charge is 0.490 e. The van der Waals surface area contributed by atoms with Crippen molar-refractivity contribution < 1.29 is 23.0 Å². The predicted molar refractivity (Wildman–Crippen MR) is 73.7 cm³/mol. The summed E-state index contributed by atoms with van der Waals surface area (Å²) in [6.45, 7) is 1.84. The number of aldehydes is 1. The third-order valence-corrected chi connectivity index (χ3v) is 2.86. The third kappa shape index (κ3) is 3.37. The molecule has 2 aromatic carbocycles. The van der Waals surface area contributed by atoms with Crippen LogP contribution >= 0.6 is 0 Å². The molecular weight excluding hydrogens is 278 g/mol. The molecule has 0 spiro atoms. The molecule has 2 aromatic rings. The minimum Gasteiger partial charge on any atom is -0.490 e. The number of halogens is 2. The molecule has 0 atom stereocenters. The molecule has 0 fully saturated rings. The molecule has 0 amide bonds. The summed E-state index contributed by atoms with van der Waals surface area (Å²) in [6.07, 6.45) is 0.607. The van der Waals surface area contributed by atoms with E-state index in [1.807, 2.05) is 0 Å². The molecule has 0 aliphatic carbocycles. The maximum absolute atomic E-state index is 13.6. The molecular formula is C16H14F2O3. The Bertz CT molecular complexity index is 621. The highest BCUT2D eigenvalue weighted by molar-refractivity contribution is 5.81. The summed E-state index contributed by atoms with van der Waals surface area (Å²) >= 11 is 0. The predicted octanol–water partition coefficient (Wildman–Crippen LogP) is 3.76. The van der Waals surface area contributed by atoms with E-state index in [1.54, 1.807) is 25.1 Å². The number of carbonyl (C=O) groups excluding carboxylic acids is 1. The van der Waals surface area contributed by atoms with Crippen molar-refractivity contribution in [1.29, 1.82) is 0 Å². The van der Waals surface area contributed by atoms with Crippen LogP contribution in [-0.2, 0) is 6.61 Å². The lowest BCUT2D eigenvalue weighted by Crippen LogP contribution is -2.05. The summed E-state index contributed by atoms with van der Waals surface area (Å²) < 4.78 is 37.9. The maximum Gasteiger partial charge on any atom is 0.172 e. The molecule has 0 radical (unpaired) electrons.